The van der Waals surface area contributed by atoms with Crippen LogP contribution in [0.5, 0.6) is 0 Å². The monoisotopic (exact) mass is 256 g/mol. The minimum absolute atomic E-state index is 0.154. The SMILES string of the molecule is COOP(=O)(OOC)/C(=C/C(=O)O)C(=O)O. The molecule has 92 valence electrons. The van der Waals surface area contributed by atoms with Gasteiger partial charge in [0.1, 0.15) is 0 Å². The van der Waals surface area contributed by atoms with Gasteiger partial charge in [0.25, 0.3) is 0 Å². The molecule has 0 aliphatic heterocycles. The molecular weight excluding hydrogens is 247 g/mol. The van der Waals surface area contributed by atoms with Crippen LogP contribution < -0.4 is 0 Å². The van der Waals surface area contributed by atoms with Crippen LogP contribution in [0.4, 0.5) is 0 Å². The highest BCUT2D eigenvalue weighted by atomic mass is 31.2. The van der Waals surface area contributed by atoms with Crippen LogP contribution in [0, 0.1) is 0 Å². The van der Waals surface area contributed by atoms with E-state index in [9.17, 15) is 14.2 Å². The predicted octanol–water partition coefficient (Wildman–Crippen LogP) is 0.389. The third-order valence-corrected chi connectivity index (χ3v) is 2.72. The van der Waals surface area contributed by atoms with Crippen LogP contribution in [0.1, 0.15) is 0 Å². The second-order valence-corrected chi connectivity index (χ2v) is 3.93. The van der Waals surface area contributed by atoms with Gasteiger partial charge in [0.05, 0.1) is 14.2 Å². The molecule has 0 unspecified atom stereocenters. The van der Waals surface area contributed by atoms with E-state index in [1.807, 2.05) is 0 Å². The predicted molar refractivity (Wildman–Crippen MR) is 47.1 cm³/mol. The van der Waals surface area contributed by atoms with Gasteiger partial charge in [-0.15, -0.1) is 9.35 Å². The fourth-order valence-electron chi connectivity index (χ4n) is 0.664. The highest BCUT2D eigenvalue weighted by Gasteiger charge is 2.39. The summed E-state index contributed by atoms with van der Waals surface area (Å²) in [4.78, 5) is 29.0. The van der Waals surface area contributed by atoms with Crippen molar-refractivity contribution in [2.45, 2.75) is 0 Å². The van der Waals surface area contributed by atoms with Gasteiger partial charge in [-0.1, -0.05) is 0 Å². The molecule has 0 amide bonds. The Bertz CT molecular complexity index is 336. The summed E-state index contributed by atoms with van der Waals surface area (Å²) < 4.78 is 19.9. The lowest BCUT2D eigenvalue weighted by atomic mass is 10.5. The van der Waals surface area contributed by atoms with Crippen molar-refractivity contribution in [2.75, 3.05) is 14.2 Å². The van der Waals surface area contributed by atoms with Gasteiger partial charge in [0.2, 0.25) is 0 Å². The van der Waals surface area contributed by atoms with Crippen molar-refractivity contribution in [3.63, 3.8) is 0 Å². The molecule has 10 heteroatoms. The maximum Gasteiger partial charge on any atom is 0.422 e. The quantitative estimate of drug-likeness (QED) is 0.287. The van der Waals surface area contributed by atoms with E-state index in [1.54, 1.807) is 0 Å². The molecule has 0 aromatic carbocycles. The molecule has 0 saturated heterocycles. The minimum atomic E-state index is -4.50. The maximum atomic E-state index is 11.7. The van der Waals surface area contributed by atoms with Gasteiger partial charge in [0.15, 0.2) is 5.31 Å². The van der Waals surface area contributed by atoms with E-state index in [2.05, 4.69) is 19.1 Å². The van der Waals surface area contributed by atoms with E-state index in [-0.39, 0.29) is 6.08 Å². The van der Waals surface area contributed by atoms with Crippen molar-refractivity contribution in [2.24, 2.45) is 0 Å². The Morgan fingerprint density at radius 1 is 1.12 bits per heavy atom. The Morgan fingerprint density at radius 2 is 1.56 bits per heavy atom. The summed E-state index contributed by atoms with van der Waals surface area (Å²) in [5.41, 5.74) is 0. The first-order chi connectivity index (χ1) is 7.37. The molecule has 0 fully saturated rings. The van der Waals surface area contributed by atoms with Gasteiger partial charge in [-0.2, -0.15) is 0 Å². The normalized spacial score (nSPS) is 12.5. The van der Waals surface area contributed by atoms with E-state index >= 15 is 0 Å². The van der Waals surface area contributed by atoms with E-state index < -0.39 is 24.8 Å². The van der Waals surface area contributed by atoms with E-state index in [0.717, 1.165) is 14.2 Å². The van der Waals surface area contributed by atoms with Crippen LogP contribution in [-0.2, 0) is 33.3 Å². The van der Waals surface area contributed by atoms with Gasteiger partial charge < -0.3 is 10.2 Å². The number of rotatable bonds is 7. The number of hydrogen-bond acceptors (Lipinski definition) is 7. The molecule has 0 spiro atoms. The zero-order chi connectivity index (χ0) is 12.8. The van der Waals surface area contributed by atoms with Crippen molar-refractivity contribution in [3.8, 4) is 0 Å². The summed E-state index contributed by atoms with van der Waals surface area (Å²) in [5.74, 6) is -3.45. The third-order valence-electron chi connectivity index (χ3n) is 1.12. The lowest BCUT2D eigenvalue weighted by molar-refractivity contribution is -0.240. The average Bonchev–Trinajstić information content (AvgIpc) is 2.14. The lowest BCUT2D eigenvalue weighted by Gasteiger charge is -2.13. The van der Waals surface area contributed by atoms with Crippen molar-refractivity contribution in [1.29, 1.82) is 0 Å². The first kappa shape index (κ1) is 14.8. The maximum absolute atomic E-state index is 11.7. The Labute approximate surface area is 89.6 Å². The van der Waals surface area contributed by atoms with Gasteiger partial charge in [-0.25, -0.2) is 23.9 Å². The van der Waals surface area contributed by atoms with Crippen LogP contribution in [-0.4, -0.2) is 36.4 Å². The van der Waals surface area contributed by atoms with Gasteiger partial charge in [0, 0.05) is 6.08 Å². The van der Waals surface area contributed by atoms with Crippen molar-refractivity contribution < 1.29 is 43.5 Å². The minimum Gasteiger partial charge on any atom is -0.478 e. The molecule has 0 heterocycles. The molecule has 0 rings (SSSR count). The topological polar surface area (TPSA) is 129 Å². The first-order valence-corrected chi connectivity index (χ1v) is 5.15. The molecule has 0 aliphatic carbocycles. The molecule has 2 N–H and O–H groups in total. The molecule has 16 heavy (non-hydrogen) atoms. The zero-order valence-corrected chi connectivity index (χ0v) is 9.17. The van der Waals surface area contributed by atoms with Crippen molar-refractivity contribution in [1.82, 2.24) is 0 Å². The summed E-state index contributed by atoms with van der Waals surface area (Å²) in [6, 6.07) is 0. The Morgan fingerprint density at radius 3 is 1.81 bits per heavy atom. The van der Waals surface area contributed by atoms with Crippen LogP contribution in [0.3, 0.4) is 0 Å². The molecule has 0 saturated carbocycles. The molecule has 0 bridgehead atoms. The number of carbonyl (C=O) groups is 2. The summed E-state index contributed by atoms with van der Waals surface area (Å²) in [5, 5.41) is 15.9. The number of hydrogen-bond donors (Lipinski definition) is 2. The van der Waals surface area contributed by atoms with Gasteiger partial charge in [-0.05, 0) is 0 Å². The highest BCUT2D eigenvalue weighted by Crippen LogP contribution is 2.56. The standard InChI is InChI=1S/C6H9O9P/c1-12-14-16(11,15-13-2)4(6(9)10)3-5(7)8/h3H,1-2H3,(H,7,8)(H,9,10)/b4-3+. The van der Waals surface area contributed by atoms with Crippen LogP contribution in [0.25, 0.3) is 0 Å². The smallest absolute Gasteiger partial charge is 0.422 e. The molecular formula is C6H9O9P. The fraction of sp³-hybridized carbons (Fsp3) is 0.333. The molecule has 0 aliphatic rings. The Hall–Kier alpha value is -1.25. The molecule has 0 aromatic heterocycles. The van der Waals surface area contributed by atoms with E-state index in [4.69, 9.17) is 10.2 Å². The van der Waals surface area contributed by atoms with Crippen LogP contribution in [0.2, 0.25) is 0 Å². The van der Waals surface area contributed by atoms with Crippen molar-refractivity contribution >= 4 is 19.5 Å². The molecule has 0 radical (unpaired) electrons. The largest absolute Gasteiger partial charge is 0.478 e. The summed E-state index contributed by atoms with van der Waals surface area (Å²) in [6.07, 6.45) is 0.154. The zero-order valence-electron chi connectivity index (χ0n) is 8.28. The second-order valence-electron chi connectivity index (χ2n) is 2.15. The first-order valence-electron chi connectivity index (χ1n) is 3.60. The number of aliphatic carboxylic acids is 2. The van der Waals surface area contributed by atoms with Gasteiger partial charge >= 0.3 is 19.5 Å². The molecule has 9 nitrogen and oxygen atoms in total. The third kappa shape index (κ3) is 4.09. The number of carboxylic acid groups (broad SMARTS) is 2. The van der Waals surface area contributed by atoms with Gasteiger partial charge in [-0.3, -0.25) is 0 Å². The van der Waals surface area contributed by atoms with E-state index in [1.165, 1.54) is 0 Å². The second kappa shape index (κ2) is 6.36. The van der Waals surface area contributed by atoms with E-state index in [0.29, 0.717) is 0 Å². The Balaban J connectivity index is 5.35. The van der Waals surface area contributed by atoms with Crippen LogP contribution in [0.15, 0.2) is 11.4 Å². The lowest BCUT2D eigenvalue weighted by Crippen LogP contribution is -2.08. The highest BCUT2D eigenvalue weighted by molar-refractivity contribution is 7.59. The average molecular weight is 256 g/mol. The molecule has 0 aromatic rings. The number of carboxylic acids is 2. The summed E-state index contributed by atoms with van der Waals surface area (Å²) >= 11 is 0. The fourth-order valence-corrected chi connectivity index (χ4v) is 1.74. The molecule has 0 atom stereocenters. The van der Waals surface area contributed by atoms with Crippen LogP contribution >= 0.6 is 7.60 Å². The van der Waals surface area contributed by atoms with Crippen molar-refractivity contribution in [3.05, 3.63) is 11.4 Å². The summed E-state index contributed by atoms with van der Waals surface area (Å²) in [7, 11) is -2.63. The summed E-state index contributed by atoms with van der Waals surface area (Å²) in [6.45, 7) is 0. The Kier molecular flexibility index (Phi) is 5.86.